The van der Waals surface area contributed by atoms with Crippen LogP contribution < -0.4 is 11.3 Å². The van der Waals surface area contributed by atoms with Crippen molar-refractivity contribution in [2.45, 2.75) is 66.5 Å². The second-order valence-electron chi connectivity index (χ2n) is 6.80. The summed E-state index contributed by atoms with van der Waals surface area (Å²) in [4.78, 5) is 4.42. The normalized spacial score (nSPS) is 15.5. The highest BCUT2D eigenvalue weighted by Crippen LogP contribution is 2.27. The van der Waals surface area contributed by atoms with Gasteiger partial charge in [-0.2, -0.15) is 0 Å². The highest BCUT2D eigenvalue weighted by molar-refractivity contribution is 4.95. The van der Waals surface area contributed by atoms with Gasteiger partial charge in [-0.15, -0.1) is 0 Å². The molecule has 19 heavy (non-hydrogen) atoms. The molecule has 0 aromatic carbocycles. The molecule has 3 N–H and O–H groups in total. The lowest BCUT2D eigenvalue weighted by Crippen LogP contribution is -2.39. The van der Waals surface area contributed by atoms with E-state index >= 15 is 0 Å². The fourth-order valence-electron chi connectivity index (χ4n) is 2.86. The monoisotopic (exact) mass is 266 g/mol. The van der Waals surface area contributed by atoms with Crippen molar-refractivity contribution < 1.29 is 0 Å². The van der Waals surface area contributed by atoms with Crippen LogP contribution in [0.2, 0.25) is 0 Å². The van der Waals surface area contributed by atoms with Gasteiger partial charge in [0.15, 0.2) is 0 Å². The first-order chi connectivity index (χ1) is 8.85. The summed E-state index contributed by atoms with van der Waals surface area (Å²) >= 11 is 0. The van der Waals surface area contributed by atoms with E-state index in [9.17, 15) is 0 Å². The second kappa shape index (κ2) is 7.06. The molecular formula is C15H30N4. The average molecular weight is 266 g/mol. The number of rotatable bonds is 7. The van der Waals surface area contributed by atoms with E-state index in [1.165, 1.54) is 6.42 Å². The number of imidazole rings is 1. The first-order valence-electron chi connectivity index (χ1n) is 7.32. The van der Waals surface area contributed by atoms with Crippen LogP contribution in [0.1, 0.15) is 53.3 Å². The third kappa shape index (κ3) is 5.74. The van der Waals surface area contributed by atoms with Gasteiger partial charge in [-0.25, -0.2) is 4.98 Å². The lowest BCUT2D eigenvalue weighted by molar-refractivity contribution is 0.273. The van der Waals surface area contributed by atoms with E-state index in [0.717, 1.165) is 25.2 Å². The van der Waals surface area contributed by atoms with Gasteiger partial charge in [-0.3, -0.25) is 11.3 Å². The molecule has 0 aliphatic carbocycles. The van der Waals surface area contributed by atoms with Gasteiger partial charge in [-0.1, -0.05) is 27.7 Å². The largest absolute Gasteiger partial charge is 0.335 e. The van der Waals surface area contributed by atoms with Crippen LogP contribution in [-0.4, -0.2) is 15.6 Å². The van der Waals surface area contributed by atoms with Crippen LogP contribution in [0.4, 0.5) is 0 Å². The van der Waals surface area contributed by atoms with Crippen molar-refractivity contribution >= 4 is 0 Å². The summed E-state index contributed by atoms with van der Waals surface area (Å²) in [5, 5.41) is 0. The number of hydrogen-bond donors (Lipinski definition) is 2. The van der Waals surface area contributed by atoms with E-state index in [4.69, 9.17) is 5.84 Å². The first-order valence-corrected chi connectivity index (χ1v) is 7.32. The minimum absolute atomic E-state index is 0.296. The van der Waals surface area contributed by atoms with Crippen molar-refractivity contribution in [2.75, 3.05) is 0 Å². The molecule has 110 valence electrons. The van der Waals surface area contributed by atoms with Crippen LogP contribution in [0.3, 0.4) is 0 Å². The van der Waals surface area contributed by atoms with Crippen LogP contribution in [0.25, 0.3) is 0 Å². The van der Waals surface area contributed by atoms with Gasteiger partial charge in [0.25, 0.3) is 0 Å². The lowest BCUT2D eigenvalue weighted by Gasteiger charge is -2.26. The molecule has 2 unspecified atom stereocenters. The van der Waals surface area contributed by atoms with Crippen molar-refractivity contribution in [3.8, 4) is 0 Å². The van der Waals surface area contributed by atoms with Crippen LogP contribution in [0, 0.1) is 11.3 Å². The predicted octanol–water partition coefficient (Wildman–Crippen LogP) is 2.74. The van der Waals surface area contributed by atoms with Crippen molar-refractivity contribution in [3.63, 3.8) is 0 Å². The Labute approximate surface area is 117 Å². The molecule has 1 aromatic rings. The number of aromatic nitrogens is 2. The second-order valence-corrected chi connectivity index (χ2v) is 6.80. The zero-order valence-corrected chi connectivity index (χ0v) is 13.1. The maximum atomic E-state index is 5.71. The zero-order chi connectivity index (χ0) is 14.5. The number of aryl methyl sites for hydroxylation is 1. The molecule has 0 bridgehead atoms. The summed E-state index contributed by atoms with van der Waals surface area (Å²) in [6.45, 7) is 12.3. The fraction of sp³-hybridized carbons (Fsp3) is 0.800. The van der Waals surface area contributed by atoms with Gasteiger partial charge in [0.2, 0.25) is 0 Å². The van der Waals surface area contributed by atoms with Crippen LogP contribution in [0.5, 0.6) is 0 Å². The molecule has 0 radical (unpaired) electrons. The Kier molecular flexibility index (Phi) is 6.01. The number of nitrogens with zero attached hydrogens (tertiary/aromatic N) is 2. The van der Waals surface area contributed by atoms with Gasteiger partial charge >= 0.3 is 0 Å². The lowest BCUT2D eigenvalue weighted by atomic mass is 9.82. The molecule has 4 heteroatoms. The quantitative estimate of drug-likeness (QED) is 0.589. The number of nitrogens with one attached hydrogen (secondary N) is 1. The standard InChI is InChI=1S/C15H30N4/c1-6-19-8-7-17-14(19)10-13(18-16)9-12(2)11-15(3,4)5/h7-8,12-13,18H,6,9-11,16H2,1-5H3. The SMILES string of the molecule is CCn1ccnc1CC(CC(C)CC(C)(C)C)NN. The molecule has 0 amide bonds. The van der Waals surface area contributed by atoms with Gasteiger partial charge in [-0.05, 0) is 31.1 Å². The molecule has 1 rings (SSSR count). The van der Waals surface area contributed by atoms with Crippen molar-refractivity contribution in [1.82, 2.24) is 15.0 Å². The molecule has 0 aliphatic heterocycles. The molecule has 0 saturated carbocycles. The smallest absolute Gasteiger partial charge is 0.110 e. The Morgan fingerprint density at radius 1 is 1.42 bits per heavy atom. The van der Waals surface area contributed by atoms with Gasteiger partial charge in [0.1, 0.15) is 5.82 Å². The van der Waals surface area contributed by atoms with Crippen LogP contribution in [0.15, 0.2) is 12.4 Å². The molecule has 1 heterocycles. The van der Waals surface area contributed by atoms with E-state index in [0.29, 0.717) is 17.4 Å². The summed E-state index contributed by atoms with van der Waals surface area (Å²) in [6, 6.07) is 0.296. The number of hydrogen-bond acceptors (Lipinski definition) is 3. The van der Waals surface area contributed by atoms with E-state index in [2.05, 4.69) is 49.6 Å². The van der Waals surface area contributed by atoms with Crippen LogP contribution >= 0.6 is 0 Å². The zero-order valence-electron chi connectivity index (χ0n) is 13.1. The summed E-state index contributed by atoms with van der Waals surface area (Å²) in [6.07, 6.45) is 7.09. The summed E-state index contributed by atoms with van der Waals surface area (Å²) < 4.78 is 2.18. The molecule has 0 aliphatic rings. The molecule has 0 spiro atoms. The van der Waals surface area contributed by atoms with Crippen molar-refractivity contribution in [3.05, 3.63) is 18.2 Å². The number of hydrazine groups is 1. The highest BCUT2D eigenvalue weighted by Gasteiger charge is 2.19. The molecule has 0 saturated heterocycles. The van der Waals surface area contributed by atoms with E-state index < -0.39 is 0 Å². The van der Waals surface area contributed by atoms with E-state index in [1.54, 1.807) is 0 Å². The fourth-order valence-corrected chi connectivity index (χ4v) is 2.86. The number of nitrogens with two attached hydrogens (primary N) is 1. The predicted molar refractivity (Wildman–Crippen MR) is 80.6 cm³/mol. The Hall–Kier alpha value is -0.870. The van der Waals surface area contributed by atoms with Gasteiger partial charge in [0.05, 0.1) is 0 Å². The topological polar surface area (TPSA) is 55.9 Å². The Bertz CT molecular complexity index is 364. The highest BCUT2D eigenvalue weighted by atomic mass is 15.2. The molecular weight excluding hydrogens is 236 g/mol. The molecule has 1 aromatic heterocycles. The maximum absolute atomic E-state index is 5.71. The third-order valence-electron chi connectivity index (χ3n) is 3.45. The molecule has 4 nitrogen and oxygen atoms in total. The van der Waals surface area contributed by atoms with Gasteiger partial charge < -0.3 is 4.57 Å². The Morgan fingerprint density at radius 3 is 2.63 bits per heavy atom. The summed E-state index contributed by atoms with van der Waals surface area (Å²) in [5.74, 6) is 7.48. The Balaban J connectivity index is 2.54. The van der Waals surface area contributed by atoms with Gasteiger partial charge in [0, 0.05) is 31.4 Å². The Morgan fingerprint density at radius 2 is 2.11 bits per heavy atom. The minimum Gasteiger partial charge on any atom is -0.335 e. The summed E-state index contributed by atoms with van der Waals surface area (Å²) in [7, 11) is 0. The van der Waals surface area contributed by atoms with E-state index in [1.807, 2.05) is 12.4 Å². The minimum atomic E-state index is 0.296. The van der Waals surface area contributed by atoms with Crippen molar-refractivity contribution in [1.29, 1.82) is 0 Å². The third-order valence-corrected chi connectivity index (χ3v) is 3.45. The average Bonchev–Trinajstić information content (AvgIpc) is 2.72. The van der Waals surface area contributed by atoms with Crippen LogP contribution in [-0.2, 0) is 13.0 Å². The molecule has 0 fully saturated rings. The first kappa shape index (κ1) is 16.2. The van der Waals surface area contributed by atoms with Crippen molar-refractivity contribution in [2.24, 2.45) is 17.2 Å². The summed E-state index contributed by atoms with van der Waals surface area (Å²) in [5.41, 5.74) is 3.33. The maximum Gasteiger partial charge on any atom is 0.110 e. The molecule has 2 atom stereocenters. The van der Waals surface area contributed by atoms with E-state index in [-0.39, 0.29) is 0 Å².